The van der Waals surface area contributed by atoms with Gasteiger partial charge in [0.2, 0.25) is 5.75 Å². The van der Waals surface area contributed by atoms with Crippen molar-refractivity contribution in [2.45, 2.75) is 18.8 Å². The highest BCUT2D eigenvalue weighted by molar-refractivity contribution is 5.98. The normalized spacial score (nSPS) is 15.7. The molecule has 0 bridgehead atoms. The third-order valence-electron chi connectivity index (χ3n) is 5.28. The van der Waals surface area contributed by atoms with Crippen molar-refractivity contribution in [2.75, 3.05) is 21.3 Å². The van der Waals surface area contributed by atoms with Gasteiger partial charge in [-0.3, -0.25) is 4.79 Å². The fourth-order valence-corrected chi connectivity index (χ4v) is 3.85. The largest absolute Gasteiger partial charge is 0.493 e. The van der Waals surface area contributed by atoms with Gasteiger partial charge in [-0.15, -0.1) is 0 Å². The first-order chi connectivity index (χ1) is 14.1. The van der Waals surface area contributed by atoms with Crippen LogP contribution >= 0.6 is 0 Å². The number of ketones is 1. The number of halogens is 1. The van der Waals surface area contributed by atoms with E-state index < -0.39 is 0 Å². The Labute approximate surface area is 167 Å². The molecule has 0 N–H and O–H groups in total. The highest BCUT2D eigenvalue weighted by Gasteiger charge is 2.31. The number of aromatic nitrogens is 2. The molecule has 3 aromatic rings. The lowest BCUT2D eigenvalue weighted by Gasteiger charge is -2.24. The smallest absolute Gasteiger partial charge is 0.203 e. The zero-order valence-electron chi connectivity index (χ0n) is 16.4. The molecule has 0 spiro atoms. The summed E-state index contributed by atoms with van der Waals surface area (Å²) in [7, 11) is 4.65. The summed E-state index contributed by atoms with van der Waals surface area (Å²) in [5.41, 5.74) is 2.45. The summed E-state index contributed by atoms with van der Waals surface area (Å²) in [6.45, 7) is 0. The molecular formula is C22H21FN2O4. The van der Waals surface area contributed by atoms with Crippen molar-refractivity contribution in [3.05, 3.63) is 65.2 Å². The van der Waals surface area contributed by atoms with Gasteiger partial charge in [-0.2, -0.15) is 5.10 Å². The maximum atomic E-state index is 14.3. The van der Waals surface area contributed by atoms with Crippen LogP contribution in [-0.2, 0) is 6.42 Å². The number of para-hydroxylation sites is 1. The van der Waals surface area contributed by atoms with E-state index in [1.165, 1.54) is 16.9 Å². The lowest BCUT2D eigenvalue weighted by Crippen LogP contribution is -2.20. The molecule has 7 heteroatoms. The Balaban J connectivity index is 1.77. The molecule has 29 heavy (non-hydrogen) atoms. The topological polar surface area (TPSA) is 62.6 Å². The number of Topliss-reactive ketones (excluding diaryl/α,β-unsaturated/α-hetero) is 1. The zero-order chi connectivity index (χ0) is 20.5. The maximum absolute atomic E-state index is 14.3. The lowest BCUT2D eigenvalue weighted by molar-refractivity contribution is 0.0963. The molecule has 0 aliphatic heterocycles. The Hall–Kier alpha value is -3.35. The molecular weight excluding hydrogens is 375 g/mol. The van der Waals surface area contributed by atoms with Crippen LogP contribution in [-0.4, -0.2) is 36.9 Å². The number of rotatable bonds is 5. The van der Waals surface area contributed by atoms with Gasteiger partial charge in [0.25, 0.3) is 0 Å². The Morgan fingerprint density at radius 3 is 2.34 bits per heavy atom. The molecule has 1 atom stereocenters. The number of nitrogens with zero attached hydrogens (tertiary/aromatic N) is 2. The van der Waals surface area contributed by atoms with E-state index in [4.69, 9.17) is 14.2 Å². The average molecular weight is 396 g/mol. The molecule has 0 fully saturated rings. The monoisotopic (exact) mass is 396 g/mol. The van der Waals surface area contributed by atoms with E-state index in [0.29, 0.717) is 47.0 Å². The highest BCUT2D eigenvalue weighted by Crippen LogP contribution is 2.43. The third-order valence-corrected chi connectivity index (χ3v) is 5.28. The summed E-state index contributed by atoms with van der Waals surface area (Å²) in [6, 6.07) is 10.1. The van der Waals surface area contributed by atoms with Crippen molar-refractivity contribution in [2.24, 2.45) is 0 Å². The summed E-state index contributed by atoms with van der Waals surface area (Å²) in [5.74, 6) is 1.03. The van der Waals surface area contributed by atoms with E-state index >= 15 is 0 Å². The van der Waals surface area contributed by atoms with Crippen LogP contribution in [0, 0.1) is 5.82 Å². The van der Waals surface area contributed by atoms with Crippen LogP contribution in [0.1, 0.15) is 34.0 Å². The van der Waals surface area contributed by atoms with E-state index in [2.05, 4.69) is 5.10 Å². The second kappa shape index (κ2) is 7.58. The van der Waals surface area contributed by atoms with Gasteiger partial charge < -0.3 is 14.2 Å². The van der Waals surface area contributed by atoms with E-state index in [9.17, 15) is 9.18 Å². The van der Waals surface area contributed by atoms with Crippen LogP contribution in [0.5, 0.6) is 17.2 Å². The van der Waals surface area contributed by atoms with Crippen LogP contribution in [0.15, 0.2) is 42.6 Å². The number of carbonyl (C=O) groups excluding carboxylic acids is 1. The molecule has 150 valence electrons. The number of carbonyl (C=O) groups is 1. The molecule has 0 radical (unpaired) electrons. The van der Waals surface area contributed by atoms with E-state index in [1.807, 2.05) is 12.1 Å². The van der Waals surface area contributed by atoms with Gasteiger partial charge in [-0.1, -0.05) is 12.1 Å². The van der Waals surface area contributed by atoms with Crippen molar-refractivity contribution >= 4 is 5.78 Å². The number of hydrogen-bond acceptors (Lipinski definition) is 5. The molecule has 0 amide bonds. The minimum Gasteiger partial charge on any atom is -0.493 e. The maximum Gasteiger partial charge on any atom is 0.203 e. The molecule has 1 heterocycles. The van der Waals surface area contributed by atoms with E-state index in [1.54, 1.807) is 39.5 Å². The lowest BCUT2D eigenvalue weighted by atomic mass is 9.82. The number of methoxy groups -OCH3 is 3. The first kappa shape index (κ1) is 19.0. The predicted octanol–water partition coefficient (Wildman–Crippen LogP) is 3.95. The van der Waals surface area contributed by atoms with Gasteiger partial charge in [-0.05, 0) is 42.2 Å². The van der Waals surface area contributed by atoms with Crippen molar-refractivity contribution in [3.8, 4) is 22.9 Å². The molecule has 1 aliphatic carbocycles. The highest BCUT2D eigenvalue weighted by atomic mass is 19.1. The van der Waals surface area contributed by atoms with Crippen LogP contribution in [0.4, 0.5) is 4.39 Å². The molecule has 2 aromatic carbocycles. The van der Waals surface area contributed by atoms with Crippen molar-refractivity contribution in [1.82, 2.24) is 9.78 Å². The van der Waals surface area contributed by atoms with Crippen LogP contribution in [0.2, 0.25) is 0 Å². The van der Waals surface area contributed by atoms with Crippen LogP contribution < -0.4 is 14.2 Å². The number of benzene rings is 2. The van der Waals surface area contributed by atoms with Gasteiger partial charge in [0.1, 0.15) is 11.5 Å². The van der Waals surface area contributed by atoms with E-state index in [-0.39, 0.29) is 17.5 Å². The number of fused-ring (bicyclic) bond motifs is 1. The zero-order valence-corrected chi connectivity index (χ0v) is 16.4. The second-order valence-electron chi connectivity index (χ2n) is 6.86. The minimum absolute atomic E-state index is 0.0207. The first-order valence-electron chi connectivity index (χ1n) is 9.22. The number of ether oxygens (including phenoxy) is 3. The van der Waals surface area contributed by atoms with Crippen molar-refractivity contribution < 1.29 is 23.4 Å². The molecule has 0 unspecified atom stereocenters. The first-order valence-corrected chi connectivity index (χ1v) is 9.22. The summed E-state index contributed by atoms with van der Waals surface area (Å²) >= 11 is 0. The Bertz CT molecular complexity index is 1050. The summed E-state index contributed by atoms with van der Waals surface area (Å²) in [6.07, 6.45) is 2.39. The fourth-order valence-electron chi connectivity index (χ4n) is 3.85. The van der Waals surface area contributed by atoms with Gasteiger partial charge >= 0.3 is 0 Å². The SMILES string of the molecule is COc1cc([C@@H]2CC(=O)c3cnn(-c4ccccc4F)c3C2)cc(OC)c1OC. The quantitative estimate of drug-likeness (QED) is 0.654. The summed E-state index contributed by atoms with van der Waals surface area (Å²) in [4.78, 5) is 12.8. The minimum atomic E-state index is -0.388. The molecule has 1 aliphatic rings. The van der Waals surface area contributed by atoms with Gasteiger partial charge in [0.15, 0.2) is 17.3 Å². The van der Waals surface area contributed by atoms with Crippen molar-refractivity contribution in [1.29, 1.82) is 0 Å². The summed E-state index contributed by atoms with van der Waals surface area (Å²) in [5, 5.41) is 4.29. The van der Waals surface area contributed by atoms with E-state index in [0.717, 1.165) is 5.56 Å². The average Bonchev–Trinajstić information content (AvgIpc) is 3.17. The Morgan fingerprint density at radius 1 is 1.03 bits per heavy atom. The molecule has 0 saturated heterocycles. The fraction of sp³-hybridized carbons (Fsp3) is 0.273. The Morgan fingerprint density at radius 2 is 1.72 bits per heavy atom. The van der Waals surface area contributed by atoms with Gasteiger partial charge in [0, 0.05) is 6.42 Å². The standard InChI is InChI=1S/C22H21FN2O4/c1-27-20-10-14(11-21(28-2)22(20)29-3)13-8-18-15(19(26)9-13)12-24-25(18)17-7-5-4-6-16(17)23/h4-7,10-13H,8-9H2,1-3H3/t13-/m0/s1. The molecule has 1 aromatic heterocycles. The number of hydrogen-bond donors (Lipinski definition) is 0. The van der Waals surface area contributed by atoms with Crippen LogP contribution in [0.25, 0.3) is 5.69 Å². The summed E-state index contributed by atoms with van der Waals surface area (Å²) < 4.78 is 32.1. The molecule has 6 nitrogen and oxygen atoms in total. The Kier molecular flexibility index (Phi) is 4.96. The second-order valence-corrected chi connectivity index (χ2v) is 6.86. The predicted molar refractivity (Wildman–Crippen MR) is 105 cm³/mol. The van der Waals surface area contributed by atoms with Crippen molar-refractivity contribution in [3.63, 3.8) is 0 Å². The van der Waals surface area contributed by atoms with Gasteiger partial charge in [-0.25, -0.2) is 9.07 Å². The molecule has 0 saturated carbocycles. The van der Waals surface area contributed by atoms with Gasteiger partial charge in [0.05, 0.1) is 38.8 Å². The van der Waals surface area contributed by atoms with Crippen LogP contribution in [0.3, 0.4) is 0 Å². The third kappa shape index (κ3) is 3.22. The molecule has 4 rings (SSSR count).